The number of halogens is 2. The molecule has 4 nitrogen and oxygen atoms in total. The number of aliphatic imine (C=N–C) groups is 1. The van der Waals surface area contributed by atoms with E-state index in [1.165, 1.54) is 0 Å². The highest BCUT2D eigenvalue weighted by atomic mass is 79.9. The summed E-state index contributed by atoms with van der Waals surface area (Å²) in [5.74, 6) is 0.500. The number of para-hydroxylation sites is 1. The van der Waals surface area contributed by atoms with Gasteiger partial charge in [-0.2, -0.15) is 0 Å². The lowest BCUT2D eigenvalue weighted by molar-refractivity contribution is 0.0920. The molecule has 2 rings (SSSR count). The van der Waals surface area contributed by atoms with Crippen molar-refractivity contribution >= 4 is 45.3 Å². The Bertz CT molecular complexity index is 793. The van der Waals surface area contributed by atoms with Crippen molar-refractivity contribution in [2.24, 2.45) is 4.99 Å². The normalized spacial score (nSPS) is 10.9. The molecule has 0 unspecified atom stereocenters. The molecule has 0 saturated carbocycles. The molecule has 132 valence electrons. The molecule has 0 spiro atoms. The summed E-state index contributed by atoms with van der Waals surface area (Å²) in [5.41, 5.74) is 2.00. The molecule has 25 heavy (non-hydrogen) atoms. The Balaban J connectivity index is 2.13. The maximum Gasteiger partial charge on any atom is 0.200 e. The van der Waals surface area contributed by atoms with E-state index in [0.717, 1.165) is 16.6 Å². The van der Waals surface area contributed by atoms with E-state index in [9.17, 15) is 4.79 Å². The number of Topliss-reactive ketones (excluding diaryl/α,β-unsaturated/α-hetero) is 1. The number of ketones is 1. The van der Waals surface area contributed by atoms with Crippen LogP contribution in [0, 0.1) is 6.92 Å². The number of rotatable bonds is 7. The van der Waals surface area contributed by atoms with Gasteiger partial charge in [-0.05, 0) is 59.6 Å². The number of ether oxygens (including phenoxy) is 1. The van der Waals surface area contributed by atoms with Gasteiger partial charge in [0.05, 0.1) is 21.5 Å². The minimum Gasteiger partial charge on any atom is -0.484 e. The van der Waals surface area contributed by atoms with Crippen molar-refractivity contribution in [2.75, 3.05) is 20.2 Å². The molecule has 6 heteroatoms. The molecule has 0 bridgehead atoms. The minimum atomic E-state index is -0.128. The third kappa shape index (κ3) is 5.31. The summed E-state index contributed by atoms with van der Waals surface area (Å²) in [6, 6.07) is 10.9. The molecule has 0 radical (unpaired) electrons. The smallest absolute Gasteiger partial charge is 0.200 e. The molecule has 0 saturated heterocycles. The van der Waals surface area contributed by atoms with Gasteiger partial charge in [0.15, 0.2) is 6.61 Å². The van der Waals surface area contributed by atoms with E-state index in [4.69, 9.17) is 16.3 Å². The average molecular weight is 424 g/mol. The quantitative estimate of drug-likeness (QED) is 0.345. The highest BCUT2D eigenvalue weighted by Crippen LogP contribution is 2.29. The van der Waals surface area contributed by atoms with E-state index < -0.39 is 0 Å². The number of carbonyl (C=O) groups excluding carboxylic acids is 1. The van der Waals surface area contributed by atoms with Crippen LogP contribution in [-0.2, 0) is 0 Å². The molecule has 0 aliphatic rings. The first-order valence-corrected chi connectivity index (χ1v) is 9.04. The Morgan fingerprint density at radius 3 is 2.76 bits per heavy atom. The average Bonchev–Trinajstić information content (AvgIpc) is 2.60. The standard InChI is InChI=1S/C19H20BrClN2O2/c1-4-23(3)12-22-17-9-13(2)14(10-16(17)21)18(24)11-25-19-8-6-5-7-15(19)20/h5-10,12H,4,11H2,1-3H3/b22-12-. The van der Waals surface area contributed by atoms with Crippen LogP contribution >= 0.6 is 27.5 Å². The number of carbonyl (C=O) groups is 1. The molecular formula is C19H20BrClN2O2. The van der Waals surface area contributed by atoms with Gasteiger partial charge in [0.25, 0.3) is 0 Å². The Hall–Kier alpha value is -1.85. The van der Waals surface area contributed by atoms with Crippen molar-refractivity contribution in [3.63, 3.8) is 0 Å². The molecule has 2 aromatic rings. The third-order valence-electron chi connectivity index (χ3n) is 3.68. The van der Waals surface area contributed by atoms with Gasteiger partial charge in [-0.1, -0.05) is 23.7 Å². The monoisotopic (exact) mass is 422 g/mol. The maximum absolute atomic E-state index is 12.5. The van der Waals surface area contributed by atoms with Gasteiger partial charge >= 0.3 is 0 Å². The van der Waals surface area contributed by atoms with Crippen LogP contribution in [0.3, 0.4) is 0 Å². The molecule has 2 aromatic carbocycles. The first-order valence-electron chi connectivity index (χ1n) is 7.87. The van der Waals surface area contributed by atoms with E-state index in [0.29, 0.717) is 22.0 Å². The van der Waals surface area contributed by atoms with Crippen LogP contribution in [0.2, 0.25) is 5.02 Å². The van der Waals surface area contributed by atoms with E-state index >= 15 is 0 Å². The fourth-order valence-corrected chi connectivity index (χ4v) is 2.70. The SMILES string of the molecule is CCN(C)/C=N\c1cc(C)c(C(=O)COc2ccccc2Br)cc1Cl. The van der Waals surface area contributed by atoms with Gasteiger partial charge in [0.2, 0.25) is 5.78 Å². The molecule has 0 fully saturated rings. The van der Waals surface area contributed by atoms with Gasteiger partial charge in [-0.25, -0.2) is 4.99 Å². The number of nitrogens with zero attached hydrogens (tertiary/aromatic N) is 2. The zero-order valence-electron chi connectivity index (χ0n) is 14.4. The fraction of sp³-hybridized carbons (Fsp3) is 0.263. The molecule has 0 aromatic heterocycles. The van der Waals surface area contributed by atoms with Gasteiger partial charge in [-0.3, -0.25) is 4.79 Å². The summed E-state index contributed by atoms with van der Waals surface area (Å²) < 4.78 is 6.40. The summed E-state index contributed by atoms with van der Waals surface area (Å²) in [6.07, 6.45) is 1.72. The predicted molar refractivity (Wildman–Crippen MR) is 107 cm³/mol. The van der Waals surface area contributed by atoms with Crippen molar-refractivity contribution in [3.8, 4) is 5.75 Å². The van der Waals surface area contributed by atoms with Crippen LogP contribution in [0.15, 0.2) is 45.9 Å². The van der Waals surface area contributed by atoms with Gasteiger partial charge in [0, 0.05) is 19.2 Å². The van der Waals surface area contributed by atoms with Crippen molar-refractivity contribution in [2.45, 2.75) is 13.8 Å². The molecule has 0 aliphatic heterocycles. The second-order valence-corrected chi connectivity index (χ2v) is 6.84. The van der Waals surface area contributed by atoms with Gasteiger partial charge < -0.3 is 9.64 Å². The van der Waals surface area contributed by atoms with Gasteiger partial charge in [0.1, 0.15) is 5.75 Å². The summed E-state index contributed by atoms with van der Waals surface area (Å²) in [6.45, 7) is 4.69. The first-order chi connectivity index (χ1) is 11.9. The summed E-state index contributed by atoms with van der Waals surface area (Å²) >= 11 is 9.68. The highest BCUT2D eigenvalue weighted by Gasteiger charge is 2.14. The molecular weight excluding hydrogens is 404 g/mol. The van der Waals surface area contributed by atoms with Crippen LogP contribution in [0.5, 0.6) is 5.75 Å². The summed E-state index contributed by atoms with van der Waals surface area (Å²) in [4.78, 5) is 18.8. The van der Waals surface area contributed by atoms with Crippen LogP contribution < -0.4 is 4.74 Å². The molecule has 0 amide bonds. The molecule has 0 atom stereocenters. The minimum absolute atomic E-state index is 0.0546. The number of hydrogen-bond acceptors (Lipinski definition) is 3. The lowest BCUT2D eigenvalue weighted by Crippen LogP contribution is -2.14. The second kappa shape index (κ2) is 9.02. The fourth-order valence-electron chi connectivity index (χ4n) is 2.09. The first kappa shape index (κ1) is 19.5. The maximum atomic E-state index is 12.5. The number of aryl methyl sites for hydroxylation is 1. The largest absolute Gasteiger partial charge is 0.484 e. The zero-order chi connectivity index (χ0) is 18.4. The Labute approximate surface area is 161 Å². The topological polar surface area (TPSA) is 41.9 Å². The van der Waals surface area contributed by atoms with Crippen LogP contribution in [0.25, 0.3) is 0 Å². The molecule has 0 heterocycles. The molecule has 0 aliphatic carbocycles. The Morgan fingerprint density at radius 1 is 1.36 bits per heavy atom. The summed E-state index contributed by atoms with van der Waals surface area (Å²) in [5, 5.41) is 0.440. The van der Waals surface area contributed by atoms with Crippen LogP contribution in [0.4, 0.5) is 5.69 Å². The van der Waals surface area contributed by atoms with Crippen molar-refractivity contribution in [1.82, 2.24) is 4.90 Å². The lowest BCUT2D eigenvalue weighted by atomic mass is 10.0. The van der Waals surface area contributed by atoms with Crippen molar-refractivity contribution < 1.29 is 9.53 Å². The van der Waals surface area contributed by atoms with Crippen molar-refractivity contribution in [3.05, 3.63) is 57.0 Å². The van der Waals surface area contributed by atoms with Crippen molar-refractivity contribution in [1.29, 1.82) is 0 Å². The van der Waals surface area contributed by atoms with E-state index in [-0.39, 0.29) is 12.4 Å². The van der Waals surface area contributed by atoms with Gasteiger partial charge in [-0.15, -0.1) is 0 Å². The second-order valence-electron chi connectivity index (χ2n) is 5.58. The third-order valence-corrected chi connectivity index (χ3v) is 4.64. The Morgan fingerprint density at radius 2 is 2.08 bits per heavy atom. The lowest BCUT2D eigenvalue weighted by Gasteiger charge is -2.11. The van der Waals surface area contributed by atoms with E-state index in [1.54, 1.807) is 18.5 Å². The number of benzene rings is 2. The zero-order valence-corrected chi connectivity index (χ0v) is 16.8. The van der Waals surface area contributed by atoms with E-state index in [2.05, 4.69) is 20.9 Å². The summed E-state index contributed by atoms with van der Waals surface area (Å²) in [7, 11) is 1.93. The Kier molecular flexibility index (Phi) is 7.02. The predicted octanol–water partition coefficient (Wildman–Crippen LogP) is 5.28. The highest BCUT2D eigenvalue weighted by molar-refractivity contribution is 9.10. The van der Waals surface area contributed by atoms with Crippen LogP contribution in [0.1, 0.15) is 22.8 Å². The number of hydrogen-bond donors (Lipinski definition) is 0. The van der Waals surface area contributed by atoms with E-state index in [1.807, 2.05) is 50.1 Å². The molecule has 0 N–H and O–H groups in total. The van der Waals surface area contributed by atoms with Crippen LogP contribution in [-0.4, -0.2) is 37.2 Å².